The van der Waals surface area contributed by atoms with Gasteiger partial charge in [-0.05, 0) is 25.8 Å². The SMILES string of the molecule is CCCC(N[C@@H](C)c1ccccc1)C(=O)OCC. The second-order valence-corrected chi connectivity index (χ2v) is 4.39. The lowest BCUT2D eigenvalue weighted by Crippen LogP contribution is -2.39. The molecule has 0 heterocycles. The Labute approximate surface area is 110 Å². The summed E-state index contributed by atoms with van der Waals surface area (Å²) in [5, 5.41) is 3.34. The van der Waals surface area contributed by atoms with E-state index < -0.39 is 0 Å². The van der Waals surface area contributed by atoms with E-state index >= 15 is 0 Å². The molecule has 0 radical (unpaired) electrons. The highest BCUT2D eigenvalue weighted by molar-refractivity contribution is 5.75. The van der Waals surface area contributed by atoms with Gasteiger partial charge in [0.05, 0.1) is 6.61 Å². The van der Waals surface area contributed by atoms with E-state index in [1.165, 1.54) is 5.56 Å². The smallest absolute Gasteiger partial charge is 0.323 e. The Balaban J connectivity index is 2.63. The molecular weight excluding hydrogens is 226 g/mol. The van der Waals surface area contributed by atoms with Gasteiger partial charge in [0.25, 0.3) is 0 Å². The van der Waals surface area contributed by atoms with Crippen LogP contribution >= 0.6 is 0 Å². The van der Waals surface area contributed by atoms with Crippen LogP contribution in [0, 0.1) is 0 Å². The zero-order valence-electron chi connectivity index (χ0n) is 11.5. The standard InChI is InChI=1S/C15H23NO2/c1-4-9-14(15(17)18-5-2)16-12(3)13-10-7-6-8-11-13/h6-8,10-12,14,16H,4-5,9H2,1-3H3/t12-,14?/m0/s1. The third kappa shape index (κ3) is 4.49. The number of hydrogen-bond donors (Lipinski definition) is 1. The van der Waals surface area contributed by atoms with Gasteiger partial charge in [-0.2, -0.15) is 0 Å². The van der Waals surface area contributed by atoms with Gasteiger partial charge in [0.1, 0.15) is 6.04 Å². The molecule has 1 unspecified atom stereocenters. The molecule has 3 heteroatoms. The number of esters is 1. The van der Waals surface area contributed by atoms with Crippen molar-refractivity contribution < 1.29 is 9.53 Å². The van der Waals surface area contributed by atoms with E-state index in [0.717, 1.165) is 12.8 Å². The molecular formula is C15H23NO2. The average Bonchev–Trinajstić information content (AvgIpc) is 2.39. The number of carbonyl (C=O) groups excluding carboxylic acids is 1. The fourth-order valence-electron chi connectivity index (χ4n) is 1.94. The summed E-state index contributed by atoms with van der Waals surface area (Å²) in [5.41, 5.74) is 1.18. The van der Waals surface area contributed by atoms with Crippen LogP contribution in [-0.2, 0) is 9.53 Å². The second-order valence-electron chi connectivity index (χ2n) is 4.39. The molecule has 0 fully saturated rings. The summed E-state index contributed by atoms with van der Waals surface area (Å²) in [6, 6.07) is 10.1. The fraction of sp³-hybridized carbons (Fsp3) is 0.533. The minimum atomic E-state index is -0.217. The summed E-state index contributed by atoms with van der Waals surface area (Å²) in [5.74, 6) is -0.151. The molecule has 3 nitrogen and oxygen atoms in total. The first-order valence-electron chi connectivity index (χ1n) is 6.66. The fourth-order valence-corrected chi connectivity index (χ4v) is 1.94. The van der Waals surface area contributed by atoms with Gasteiger partial charge < -0.3 is 4.74 Å². The van der Waals surface area contributed by atoms with Crippen LogP contribution in [0.25, 0.3) is 0 Å². The summed E-state index contributed by atoms with van der Waals surface area (Å²) < 4.78 is 5.09. The monoisotopic (exact) mass is 249 g/mol. The molecule has 0 aliphatic heterocycles. The minimum absolute atomic E-state index is 0.146. The van der Waals surface area contributed by atoms with Crippen molar-refractivity contribution in [1.29, 1.82) is 0 Å². The van der Waals surface area contributed by atoms with Crippen LogP contribution in [0.5, 0.6) is 0 Å². The van der Waals surface area contributed by atoms with E-state index in [0.29, 0.717) is 6.61 Å². The van der Waals surface area contributed by atoms with Crippen LogP contribution in [0.4, 0.5) is 0 Å². The Morgan fingerprint density at radius 3 is 2.50 bits per heavy atom. The van der Waals surface area contributed by atoms with Gasteiger partial charge in [0.15, 0.2) is 0 Å². The molecule has 0 saturated heterocycles. The number of carbonyl (C=O) groups is 1. The highest BCUT2D eigenvalue weighted by Gasteiger charge is 2.20. The number of hydrogen-bond acceptors (Lipinski definition) is 3. The van der Waals surface area contributed by atoms with Crippen LogP contribution in [0.3, 0.4) is 0 Å². The molecule has 100 valence electrons. The van der Waals surface area contributed by atoms with Gasteiger partial charge in [0.2, 0.25) is 0 Å². The van der Waals surface area contributed by atoms with Gasteiger partial charge in [-0.15, -0.1) is 0 Å². The summed E-state index contributed by atoms with van der Waals surface area (Å²) in [4.78, 5) is 11.8. The Kier molecular flexibility index (Phi) is 6.44. The summed E-state index contributed by atoms with van der Waals surface area (Å²) in [7, 11) is 0. The van der Waals surface area contributed by atoms with Crippen molar-refractivity contribution in [3.63, 3.8) is 0 Å². The van der Waals surface area contributed by atoms with Gasteiger partial charge in [-0.1, -0.05) is 43.7 Å². The lowest BCUT2D eigenvalue weighted by molar-refractivity contribution is -0.146. The zero-order valence-corrected chi connectivity index (χ0v) is 11.5. The number of benzene rings is 1. The topological polar surface area (TPSA) is 38.3 Å². The molecule has 0 aromatic heterocycles. The quantitative estimate of drug-likeness (QED) is 0.755. The molecule has 1 N–H and O–H groups in total. The first kappa shape index (κ1) is 14.7. The van der Waals surface area contributed by atoms with Crippen molar-refractivity contribution in [3.8, 4) is 0 Å². The van der Waals surface area contributed by atoms with Gasteiger partial charge in [-0.25, -0.2) is 0 Å². The average molecular weight is 249 g/mol. The third-order valence-corrected chi connectivity index (χ3v) is 2.90. The van der Waals surface area contributed by atoms with Crippen molar-refractivity contribution in [3.05, 3.63) is 35.9 Å². The van der Waals surface area contributed by atoms with Crippen molar-refractivity contribution in [1.82, 2.24) is 5.32 Å². The number of nitrogens with one attached hydrogen (secondary N) is 1. The normalized spacial score (nSPS) is 13.9. The Bertz CT molecular complexity index is 351. The third-order valence-electron chi connectivity index (χ3n) is 2.90. The molecule has 0 aliphatic carbocycles. The molecule has 2 atom stereocenters. The number of ether oxygens (including phenoxy) is 1. The number of rotatable bonds is 7. The van der Waals surface area contributed by atoms with Crippen molar-refractivity contribution in [2.75, 3.05) is 6.61 Å². The lowest BCUT2D eigenvalue weighted by atomic mass is 10.1. The van der Waals surface area contributed by atoms with Gasteiger partial charge in [0, 0.05) is 6.04 Å². The largest absolute Gasteiger partial charge is 0.465 e. The Hall–Kier alpha value is -1.35. The molecule has 0 bridgehead atoms. The molecule has 1 rings (SSSR count). The van der Waals surface area contributed by atoms with Crippen LogP contribution in [0.2, 0.25) is 0 Å². The van der Waals surface area contributed by atoms with Crippen molar-refractivity contribution >= 4 is 5.97 Å². The van der Waals surface area contributed by atoms with E-state index in [-0.39, 0.29) is 18.1 Å². The zero-order chi connectivity index (χ0) is 13.4. The summed E-state index contributed by atoms with van der Waals surface area (Å²) >= 11 is 0. The molecule has 0 aliphatic rings. The molecule has 0 amide bonds. The molecule has 1 aromatic carbocycles. The summed E-state index contributed by atoms with van der Waals surface area (Å²) in [6.07, 6.45) is 1.76. The molecule has 0 spiro atoms. The van der Waals surface area contributed by atoms with E-state index in [1.54, 1.807) is 0 Å². The minimum Gasteiger partial charge on any atom is -0.465 e. The van der Waals surface area contributed by atoms with E-state index in [9.17, 15) is 4.79 Å². The Morgan fingerprint density at radius 1 is 1.28 bits per heavy atom. The van der Waals surface area contributed by atoms with Crippen LogP contribution in [0.15, 0.2) is 30.3 Å². The highest BCUT2D eigenvalue weighted by atomic mass is 16.5. The van der Waals surface area contributed by atoms with Crippen molar-refractivity contribution in [2.24, 2.45) is 0 Å². The van der Waals surface area contributed by atoms with Gasteiger partial charge >= 0.3 is 5.97 Å². The van der Waals surface area contributed by atoms with E-state index in [4.69, 9.17) is 4.74 Å². The molecule has 18 heavy (non-hydrogen) atoms. The van der Waals surface area contributed by atoms with E-state index in [2.05, 4.69) is 31.3 Å². The lowest BCUT2D eigenvalue weighted by Gasteiger charge is -2.21. The maximum absolute atomic E-state index is 11.8. The van der Waals surface area contributed by atoms with Crippen LogP contribution in [0.1, 0.15) is 45.2 Å². The highest BCUT2D eigenvalue weighted by Crippen LogP contribution is 2.14. The first-order chi connectivity index (χ1) is 8.69. The molecule has 1 aromatic rings. The predicted molar refractivity (Wildman–Crippen MR) is 73.3 cm³/mol. The predicted octanol–water partition coefficient (Wildman–Crippen LogP) is 3.07. The maximum atomic E-state index is 11.8. The second kappa shape index (κ2) is 7.88. The first-order valence-corrected chi connectivity index (χ1v) is 6.66. The van der Waals surface area contributed by atoms with Gasteiger partial charge in [-0.3, -0.25) is 10.1 Å². The van der Waals surface area contributed by atoms with E-state index in [1.807, 2.05) is 25.1 Å². The maximum Gasteiger partial charge on any atom is 0.323 e. The van der Waals surface area contributed by atoms with Crippen LogP contribution in [-0.4, -0.2) is 18.6 Å². The molecule has 0 saturated carbocycles. The van der Waals surface area contributed by atoms with Crippen LogP contribution < -0.4 is 5.32 Å². The van der Waals surface area contributed by atoms with Crippen molar-refractivity contribution in [2.45, 2.75) is 45.7 Å². The summed E-state index contributed by atoms with van der Waals surface area (Å²) in [6.45, 7) is 6.40. The Morgan fingerprint density at radius 2 is 1.94 bits per heavy atom.